The van der Waals surface area contributed by atoms with Crippen LogP contribution in [0.15, 0.2) is 54.9 Å². The molecule has 7 heteroatoms. The van der Waals surface area contributed by atoms with Gasteiger partial charge in [-0.15, -0.1) is 11.3 Å². The maximum atomic E-state index is 13.0. The van der Waals surface area contributed by atoms with Crippen LogP contribution in [0.1, 0.15) is 26.4 Å². The number of amides is 1. The molecule has 0 spiro atoms. The average Bonchev–Trinajstić information content (AvgIpc) is 3.10. The summed E-state index contributed by atoms with van der Waals surface area (Å²) in [6, 6.07) is 15.7. The number of nitrogens with one attached hydrogen (secondary N) is 1. The molecule has 1 aliphatic heterocycles. The summed E-state index contributed by atoms with van der Waals surface area (Å²) >= 11 is 7.44. The maximum absolute atomic E-state index is 13.0. The Morgan fingerprint density at radius 1 is 1.13 bits per heavy atom. The van der Waals surface area contributed by atoms with Crippen molar-refractivity contribution in [1.29, 1.82) is 0 Å². The number of carbonyl (C=O) groups excluding carboxylic acids is 1. The van der Waals surface area contributed by atoms with Crippen LogP contribution < -0.4 is 10.2 Å². The molecular weight excluding hydrogens is 416 g/mol. The van der Waals surface area contributed by atoms with Gasteiger partial charge in [-0.1, -0.05) is 41.9 Å². The van der Waals surface area contributed by atoms with Gasteiger partial charge in [-0.2, -0.15) is 0 Å². The molecule has 5 nitrogen and oxygen atoms in total. The Morgan fingerprint density at radius 2 is 1.97 bits per heavy atom. The maximum Gasteiger partial charge on any atom is 0.266 e. The number of aromatic nitrogens is 2. The highest BCUT2D eigenvalue weighted by Gasteiger charge is 2.24. The Bertz CT molecular complexity index is 1270. The number of nitrogens with zero attached hydrogens (tertiary/aromatic N) is 3. The normalized spacial score (nSPS) is 13.3. The molecule has 0 aliphatic carbocycles. The van der Waals surface area contributed by atoms with Gasteiger partial charge >= 0.3 is 0 Å². The summed E-state index contributed by atoms with van der Waals surface area (Å²) < 4.78 is 0. The molecule has 1 N–H and O–H groups in total. The number of thiophene rings is 1. The van der Waals surface area contributed by atoms with Crippen molar-refractivity contribution < 1.29 is 4.79 Å². The lowest BCUT2D eigenvalue weighted by atomic mass is 9.99. The lowest BCUT2D eigenvalue weighted by Crippen LogP contribution is -2.31. The summed E-state index contributed by atoms with van der Waals surface area (Å²) in [6.45, 7) is 3.67. The molecule has 0 atom stereocenters. The van der Waals surface area contributed by atoms with E-state index in [0.29, 0.717) is 15.6 Å². The monoisotopic (exact) mass is 434 g/mol. The molecule has 3 heterocycles. The number of fused-ring (bicyclic) bond motifs is 2. The second-order valence-electron chi connectivity index (χ2n) is 7.34. The Kier molecular flexibility index (Phi) is 4.89. The first-order valence-electron chi connectivity index (χ1n) is 9.73. The second kappa shape index (κ2) is 7.70. The molecule has 0 radical (unpaired) electrons. The number of halogens is 1. The number of anilines is 2. The fraction of sp³-hybridized carbons (Fsp3) is 0.174. The third kappa shape index (κ3) is 3.42. The van der Waals surface area contributed by atoms with Crippen molar-refractivity contribution in [2.45, 2.75) is 19.9 Å². The average molecular weight is 435 g/mol. The molecule has 1 amide bonds. The Balaban J connectivity index is 1.50. The summed E-state index contributed by atoms with van der Waals surface area (Å²) in [6.07, 6.45) is 2.57. The molecule has 2 aromatic carbocycles. The highest BCUT2D eigenvalue weighted by Crippen LogP contribution is 2.36. The second-order valence-corrected chi connectivity index (χ2v) is 8.77. The molecule has 150 valence electrons. The van der Waals surface area contributed by atoms with E-state index in [0.717, 1.165) is 41.1 Å². The van der Waals surface area contributed by atoms with Crippen LogP contribution >= 0.6 is 22.9 Å². The van der Waals surface area contributed by atoms with Crippen molar-refractivity contribution in [3.05, 3.63) is 81.4 Å². The zero-order valence-corrected chi connectivity index (χ0v) is 17.9. The smallest absolute Gasteiger partial charge is 0.266 e. The third-order valence-corrected chi connectivity index (χ3v) is 6.86. The Labute approximate surface area is 183 Å². The molecule has 0 fully saturated rings. The molecule has 0 bridgehead atoms. The van der Waals surface area contributed by atoms with Crippen molar-refractivity contribution in [3.8, 4) is 0 Å². The fourth-order valence-corrected chi connectivity index (χ4v) is 5.17. The van der Waals surface area contributed by atoms with E-state index >= 15 is 0 Å². The topological polar surface area (TPSA) is 58.1 Å². The molecule has 0 unspecified atom stereocenters. The standard InChI is InChI=1S/C23H19ClN4OS/c1-14-19-21(28-10-9-15-5-2-3-6-16(15)12-28)25-13-26-23(19)30-20(14)22(29)27-18-8-4-7-17(24)11-18/h2-8,11,13H,9-10,12H2,1H3,(H,27,29). The first kappa shape index (κ1) is 19.0. The predicted molar refractivity (Wildman–Crippen MR) is 123 cm³/mol. The number of benzene rings is 2. The summed E-state index contributed by atoms with van der Waals surface area (Å²) in [4.78, 5) is 25.8. The number of hydrogen-bond donors (Lipinski definition) is 1. The van der Waals surface area contributed by atoms with Crippen LogP contribution in [0.3, 0.4) is 0 Å². The van der Waals surface area contributed by atoms with Crippen LogP contribution in [0.5, 0.6) is 0 Å². The quantitative estimate of drug-likeness (QED) is 0.464. The Hall–Kier alpha value is -2.96. The molecule has 1 aliphatic rings. The lowest BCUT2D eigenvalue weighted by Gasteiger charge is -2.30. The predicted octanol–water partition coefficient (Wildman–Crippen LogP) is 5.47. The first-order chi connectivity index (χ1) is 14.6. The minimum Gasteiger partial charge on any atom is -0.351 e. The highest BCUT2D eigenvalue weighted by molar-refractivity contribution is 7.20. The van der Waals surface area contributed by atoms with E-state index in [1.165, 1.54) is 22.5 Å². The van der Waals surface area contributed by atoms with Crippen LogP contribution in [-0.4, -0.2) is 22.4 Å². The van der Waals surface area contributed by atoms with Crippen LogP contribution in [-0.2, 0) is 13.0 Å². The number of hydrogen-bond acceptors (Lipinski definition) is 5. The van der Waals surface area contributed by atoms with Crippen LogP contribution in [0.25, 0.3) is 10.2 Å². The SMILES string of the molecule is Cc1c(C(=O)Nc2cccc(Cl)c2)sc2ncnc(N3CCc4ccccc4C3)c12. The van der Waals surface area contributed by atoms with E-state index in [1.54, 1.807) is 18.5 Å². The van der Waals surface area contributed by atoms with E-state index in [1.807, 2.05) is 19.1 Å². The van der Waals surface area contributed by atoms with E-state index in [2.05, 4.69) is 44.5 Å². The van der Waals surface area contributed by atoms with Crippen molar-refractivity contribution >= 4 is 50.6 Å². The first-order valence-corrected chi connectivity index (χ1v) is 10.9. The largest absolute Gasteiger partial charge is 0.351 e. The van der Waals surface area contributed by atoms with Gasteiger partial charge in [0.25, 0.3) is 5.91 Å². The molecule has 0 saturated heterocycles. The molecular formula is C23H19ClN4OS. The summed E-state index contributed by atoms with van der Waals surface area (Å²) in [5, 5.41) is 4.48. The van der Waals surface area contributed by atoms with Crippen molar-refractivity contribution in [3.63, 3.8) is 0 Å². The molecule has 2 aromatic heterocycles. The summed E-state index contributed by atoms with van der Waals surface area (Å²) in [5.74, 6) is 0.734. The van der Waals surface area contributed by atoms with Crippen molar-refractivity contribution in [2.24, 2.45) is 0 Å². The molecule has 5 rings (SSSR count). The molecule has 4 aromatic rings. The van der Waals surface area contributed by atoms with Gasteiger partial charge in [0.05, 0.1) is 10.3 Å². The van der Waals surface area contributed by atoms with Gasteiger partial charge in [0.15, 0.2) is 0 Å². The lowest BCUT2D eigenvalue weighted by molar-refractivity contribution is 0.103. The van der Waals surface area contributed by atoms with Gasteiger partial charge in [-0.25, -0.2) is 9.97 Å². The van der Waals surface area contributed by atoms with Gasteiger partial charge in [0, 0.05) is 23.8 Å². The van der Waals surface area contributed by atoms with Gasteiger partial charge in [-0.05, 0) is 48.2 Å². The molecule has 30 heavy (non-hydrogen) atoms. The van der Waals surface area contributed by atoms with Gasteiger partial charge in [0.1, 0.15) is 17.0 Å². The third-order valence-electron chi connectivity index (χ3n) is 5.43. The van der Waals surface area contributed by atoms with Crippen LogP contribution in [0.4, 0.5) is 11.5 Å². The Morgan fingerprint density at radius 3 is 2.80 bits per heavy atom. The van der Waals surface area contributed by atoms with E-state index < -0.39 is 0 Å². The highest BCUT2D eigenvalue weighted by atomic mass is 35.5. The van der Waals surface area contributed by atoms with E-state index in [4.69, 9.17) is 11.6 Å². The van der Waals surface area contributed by atoms with Crippen molar-refractivity contribution in [2.75, 3.05) is 16.8 Å². The van der Waals surface area contributed by atoms with E-state index in [-0.39, 0.29) is 5.91 Å². The number of rotatable bonds is 3. The summed E-state index contributed by atoms with van der Waals surface area (Å²) in [5.41, 5.74) is 4.29. The van der Waals surface area contributed by atoms with Crippen LogP contribution in [0, 0.1) is 6.92 Å². The van der Waals surface area contributed by atoms with Gasteiger partial charge in [-0.3, -0.25) is 4.79 Å². The zero-order chi connectivity index (χ0) is 20.7. The fourth-order valence-electron chi connectivity index (χ4n) is 3.94. The van der Waals surface area contributed by atoms with Crippen molar-refractivity contribution in [1.82, 2.24) is 9.97 Å². The minimum absolute atomic E-state index is 0.160. The van der Waals surface area contributed by atoms with Gasteiger partial charge in [0.2, 0.25) is 0 Å². The van der Waals surface area contributed by atoms with E-state index in [9.17, 15) is 4.79 Å². The zero-order valence-electron chi connectivity index (χ0n) is 16.4. The minimum atomic E-state index is -0.160. The summed E-state index contributed by atoms with van der Waals surface area (Å²) in [7, 11) is 0. The number of carbonyl (C=O) groups is 1. The van der Waals surface area contributed by atoms with Gasteiger partial charge < -0.3 is 10.2 Å². The van der Waals surface area contributed by atoms with Crippen LogP contribution in [0.2, 0.25) is 5.02 Å². The number of aryl methyl sites for hydroxylation is 1. The molecule has 0 saturated carbocycles.